The van der Waals surface area contributed by atoms with E-state index in [-0.39, 0.29) is 17.5 Å². The Kier molecular flexibility index (Phi) is 4.23. The second-order valence-electron chi connectivity index (χ2n) is 6.26. The zero-order chi connectivity index (χ0) is 18.1. The second-order valence-corrected chi connectivity index (χ2v) is 6.26. The lowest BCUT2D eigenvalue weighted by molar-refractivity contribution is -0.110. The summed E-state index contributed by atoms with van der Waals surface area (Å²) in [6.45, 7) is 0.926. The van der Waals surface area contributed by atoms with Gasteiger partial charge in [-0.25, -0.2) is 4.39 Å². The fraction of sp³-hybridized carbons (Fsp3) is 0.250. The number of hydrogen-bond donors (Lipinski definition) is 2. The second kappa shape index (κ2) is 6.70. The predicted octanol–water partition coefficient (Wildman–Crippen LogP) is 2.69. The molecule has 0 bridgehead atoms. The number of anilines is 1. The van der Waals surface area contributed by atoms with Gasteiger partial charge in [0.15, 0.2) is 0 Å². The van der Waals surface area contributed by atoms with Crippen molar-refractivity contribution in [3.05, 3.63) is 47.5 Å². The fourth-order valence-corrected chi connectivity index (χ4v) is 3.22. The molecule has 3 heterocycles. The fourth-order valence-electron chi connectivity index (χ4n) is 3.22. The van der Waals surface area contributed by atoms with Crippen molar-refractivity contribution in [2.75, 3.05) is 19.0 Å². The lowest BCUT2D eigenvalue weighted by Crippen LogP contribution is -2.18. The molecule has 0 unspecified atom stereocenters. The summed E-state index contributed by atoms with van der Waals surface area (Å²) in [5, 5.41) is 6.05. The van der Waals surface area contributed by atoms with E-state index < -0.39 is 5.82 Å². The average molecular weight is 351 g/mol. The summed E-state index contributed by atoms with van der Waals surface area (Å²) in [7, 11) is 1.57. The quantitative estimate of drug-likeness (QED) is 0.646. The van der Waals surface area contributed by atoms with Crippen molar-refractivity contribution in [2.45, 2.75) is 18.9 Å². The Labute approximate surface area is 150 Å². The Morgan fingerprint density at radius 3 is 3.00 bits per heavy atom. The average Bonchev–Trinajstić information content (AvgIpc) is 3.36. The zero-order valence-corrected chi connectivity index (χ0v) is 14.3. The van der Waals surface area contributed by atoms with Crippen LogP contribution in [-0.2, 0) is 4.79 Å². The smallest absolute Gasteiger partial charge is 0.257 e. The Balaban J connectivity index is 1.79. The summed E-state index contributed by atoms with van der Waals surface area (Å²) in [6, 6.07) is 4.76. The first-order valence-corrected chi connectivity index (χ1v) is 8.48. The van der Waals surface area contributed by atoms with Gasteiger partial charge < -0.3 is 19.9 Å². The number of amides is 1. The number of ether oxygens (including phenoxy) is 1. The molecule has 2 N–H and O–H groups in total. The van der Waals surface area contributed by atoms with Crippen molar-refractivity contribution >= 4 is 23.4 Å². The number of rotatable bonds is 2. The maximum Gasteiger partial charge on any atom is 0.257 e. The van der Waals surface area contributed by atoms with Crippen LogP contribution in [0.3, 0.4) is 0 Å². The van der Waals surface area contributed by atoms with E-state index in [1.807, 2.05) is 0 Å². The number of halogens is 1. The Morgan fingerprint density at radius 2 is 2.27 bits per heavy atom. The molecule has 26 heavy (non-hydrogen) atoms. The summed E-state index contributed by atoms with van der Waals surface area (Å²) < 4.78 is 21.4. The van der Waals surface area contributed by atoms with Gasteiger partial charge in [0.05, 0.1) is 36.2 Å². The number of methoxy groups -OCH3 is 1. The zero-order valence-electron chi connectivity index (χ0n) is 14.3. The molecule has 0 radical (unpaired) electrons. The van der Waals surface area contributed by atoms with Crippen molar-refractivity contribution in [1.82, 2.24) is 9.88 Å². The molecule has 132 valence electrons. The van der Waals surface area contributed by atoms with Gasteiger partial charge in [-0.2, -0.15) is 0 Å². The van der Waals surface area contributed by atoms with Gasteiger partial charge in [0.2, 0.25) is 0 Å². The van der Waals surface area contributed by atoms with Gasteiger partial charge in [0, 0.05) is 18.0 Å². The van der Waals surface area contributed by atoms with Crippen LogP contribution in [0.2, 0.25) is 0 Å². The van der Waals surface area contributed by atoms with Crippen LogP contribution < -0.4 is 15.4 Å². The molecule has 5 nitrogen and oxygen atoms in total. The first kappa shape index (κ1) is 16.4. The van der Waals surface area contributed by atoms with Crippen molar-refractivity contribution in [3.8, 4) is 17.6 Å². The molecule has 1 saturated heterocycles. The van der Waals surface area contributed by atoms with Crippen LogP contribution in [0.5, 0.6) is 5.75 Å². The van der Waals surface area contributed by atoms with Crippen LogP contribution in [0.25, 0.3) is 11.8 Å². The number of nitrogens with zero attached hydrogens (tertiary/aromatic N) is 1. The minimum Gasteiger partial charge on any atom is -0.495 e. The number of aromatic nitrogens is 1. The van der Waals surface area contributed by atoms with Crippen LogP contribution in [0.1, 0.15) is 24.0 Å². The minimum atomic E-state index is -0.429. The monoisotopic (exact) mass is 351 g/mol. The number of nitrogens with one attached hydrogen (secondary N) is 2. The lowest BCUT2D eigenvalue weighted by atomic mass is 10.00. The molecule has 1 aromatic heterocycles. The highest BCUT2D eigenvalue weighted by atomic mass is 19.1. The van der Waals surface area contributed by atoms with Crippen molar-refractivity contribution in [3.63, 3.8) is 0 Å². The highest BCUT2D eigenvalue weighted by Crippen LogP contribution is 2.36. The Hall–Kier alpha value is -3.04. The van der Waals surface area contributed by atoms with E-state index in [0.717, 1.165) is 19.4 Å². The summed E-state index contributed by atoms with van der Waals surface area (Å²) >= 11 is 0. The number of fused-ring (bicyclic) bond motifs is 1. The molecule has 6 heteroatoms. The molecule has 1 atom stereocenters. The van der Waals surface area contributed by atoms with Gasteiger partial charge in [-0.05, 0) is 37.6 Å². The lowest BCUT2D eigenvalue weighted by Gasteiger charge is -2.05. The third-order valence-corrected chi connectivity index (χ3v) is 4.55. The molecule has 1 aromatic carbocycles. The van der Waals surface area contributed by atoms with Gasteiger partial charge in [0.1, 0.15) is 11.6 Å². The minimum absolute atomic E-state index is 0.0662. The van der Waals surface area contributed by atoms with Crippen LogP contribution in [0.15, 0.2) is 30.6 Å². The van der Waals surface area contributed by atoms with E-state index in [0.29, 0.717) is 22.6 Å². The van der Waals surface area contributed by atoms with Gasteiger partial charge >= 0.3 is 0 Å². The molecule has 0 saturated carbocycles. The molecule has 0 aliphatic carbocycles. The largest absolute Gasteiger partial charge is 0.495 e. The molecule has 2 aromatic rings. The third-order valence-electron chi connectivity index (χ3n) is 4.55. The topological polar surface area (TPSA) is 55.3 Å². The van der Waals surface area contributed by atoms with E-state index >= 15 is 0 Å². The van der Waals surface area contributed by atoms with Gasteiger partial charge in [-0.1, -0.05) is 11.8 Å². The van der Waals surface area contributed by atoms with Crippen molar-refractivity contribution in [2.24, 2.45) is 0 Å². The summed E-state index contributed by atoms with van der Waals surface area (Å²) in [4.78, 5) is 12.4. The predicted molar refractivity (Wildman–Crippen MR) is 98.1 cm³/mol. The van der Waals surface area contributed by atoms with E-state index in [1.54, 1.807) is 42.4 Å². The molecule has 1 amide bonds. The van der Waals surface area contributed by atoms with E-state index in [9.17, 15) is 9.18 Å². The molecule has 0 spiro atoms. The number of carbonyl (C=O) groups excluding carboxylic acids is 1. The molecule has 4 rings (SSSR count). The van der Waals surface area contributed by atoms with Crippen LogP contribution in [-0.4, -0.2) is 30.2 Å². The molecule has 1 fully saturated rings. The first-order chi connectivity index (χ1) is 12.7. The summed E-state index contributed by atoms with van der Waals surface area (Å²) in [6.07, 6.45) is 7.18. The number of benzene rings is 1. The van der Waals surface area contributed by atoms with Gasteiger partial charge in [0.25, 0.3) is 5.91 Å². The van der Waals surface area contributed by atoms with Crippen LogP contribution in [0.4, 0.5) is 10.1 Å². The summed E-state index contributed by atoms with van der Waals surface area (Å²) in [5.41, 5.74) is 1.71. The molecular weight excluding hydrogens is 333 g/mol. The molecule has 2 aliphatic heterocycles. The third kappa shape index (κ3) is 2.98. The Bertz CT molecular complexity index is 959. The normalized spacial score (nSPS) is 19.8. The highest BCUT2D eigenvalue weighted by Gasteiger charge is 2.28. The molecule has 2 aliphatic rings. The maximum atomic E-state index is 14.5. The van der Waals surface area contributed by atoms with Crippen LogP contribution in [0, 0.1) is 17.7 Å². The van der Waals surface area contributed by atoms with Gasteiger partial charge in [-0.15, -0.1) is 0 Å². The SMILES string of the molecule is COc1ccn(C=C2C(=O)Nc3ccc(F)c(C#C[C@@H]4CCCN4)c32)c1. The number of carbonyl (C=O) groups is 1. The van der Waals surface area contributed by atoms with Crippen molar-refractivity contribution in [1.29, 1.82) is 0 Å². The van der Waals surface area contributed by atoms with Crippen molar-refractivity contribution < 1.29 is 13.9 Å². The van der Waals surface area contributed by atoms with E-state index in [1.165, 1.54) is 6.07 Å². The highest BCUT2D eigenvalue weighted by molar-refractivity contribution is 6.34. The van der Waals surface area contributed by atoms with E-state index in [2.05, 4.69) is 22.5 Å². The Morgan fingerprint density at radius 1 is 1.38 bits per heavy atom. The van der Waals surface area contributed by atoms with Gasteiger partial charge in [-0.3, -0.25) is 4.79 Å². The summed E-state index contributed by atoms with van der Waals surface area (Å²) in [5.74, 6) is 6.01. The van der Waals surface area contributed by atoms with Crippen LogP contribution >= 0.6 is 0 Å². The standard InChI is InChI=1S/C20H18FN3O2/c1-26-14-8-10-24(11-14)12-16-19-15(5-4-13-3-2-9-22-13)17(21)6-7-18(19)23-20(16)25/h6-8,10-13,22H,2-3,9H2,1H3,(H,23,25)/t13-/m0/s1. The maximum absolute atomic E-state index is 14.5. The van der Waals surface area contributed by atoms with E-state index in [4.69, 9.17) is 4.74 Å². The molecular formula is C20H18FN3O2. The first-order valence-electron chi connectivity index (χ1n) is 8.48. The number of hydrogen-bond acceptors (Lipinski definition) is 3.